The molecule has 0 saturated heterocycles. The Kier molecular flexibility index (Phi) is 16.7. The van der Waals surface area contributed by atoms with Gasteiger partial charge in [-0.2, -0.15) is 0 Å². The lowest BCUT2D eigenvalue weighted by molar-refractivity contribution is 1.08. The molecule has 0 amide bonds. The molecule has 0 aliphatic carbocycles. The summed E-state index contributed by atoms with van der Waals surface area (Å²) < 4.78 is 9.71. The first-order chi connectivity index (χ1) is 59.5. The molecule has 24 rings (SSSR count). The average molecular weight is 1530 g/mol. The van der Waals surface area contributed by atoms with E-state index in [1.165, 1.54) is 98.4 Å². The zero-order valence-corrected chi connectivity index (χ0v) is 65.0. The fourth-order valence-corrected chi connectivity index (χ4v) is 18.1. The van der Waals surface area contributed by atoms with Crippen LogP contribution in [0.2, 0.25) is 0 Å². The van der Waals surface area contributed by atoms with E-state index >= 15 is 0 Å². The van der Waals surface area contributed by atoms with Gasteiger partial charge in [-0.3, -0.25) is 0 Å². The molecular weight excluding hydrogens is 1460 g/mol. The molecule has 0 saturated carbocycles. The fraction of sp³-hybridized carbons (Fsp3) is 0. The van der Waals surface area contributed by atoms with Gasteiger partial charge in [-0.25, -0.2) is 24.9 Å². The van der Waals surface area contributed by atoms with Crippen molar-refractivity contribution in [1.29, 1.82) is 0 Å². The summed E-state index contributed by atoms with van der Waals surface area (Å²) in [6, 6.07) is 153. The highest BCUT2D eigenvalue weighted by atomic mass is 15.0. The monoisotopic (exact) mass is 1530 g/mol. The lowest BCUT2D eigenvalue weighted by atomic mass is 9.99. The summed E-state index contributed by atoms with van der Waals surface area (Å²) in [5.74, 6) is 2.65. The summed E-state index contributed by atoms with van der Waals surface area (Å²) >= 11 is 0. The van der Waals surface area contributed by atoms with E-state index < -0.39 is 0 Å². The summed E-state index contributed by atoms with van der Waals surface area (Å²) in [5.41, 5.74) is 26.4. The van der Waals surface area contributed by atoms with Crippen molar-refractivity contribution >= 4 is 109 Å². The quantitative estimate of drug-likeness (QED) is 0.122. The second-order valence-electron chi connectivity index (χ2n) is 30.7. The van der Waals surface area contributed by atoms with Gasteiger partial charge >= 0.3 is 0 Å². The van der Waals surface area contributed by atoms with Crippen molar-refractivity contribution in [3.8, 4) is 113 Å². The molecule has 0 fully saturated rings. The van der Waals surface area contributed by atoms with Gasteiger partial charge in [-0.05, 0) is 147 Å². The van der Waals surface area contributed by atoms with Crippen LogP contribution in [0.4, 0.5) is 0 Å². The molecule has 560 valence electrons. The van der Waals surface area contributed by atoms with Crippen LogP contribution < -0.4 is 0 Å². The van der Waals surface area contributed by atoms with Crippen LogP contribution in [-0.2, 0) is 0 Å². The molecule has 18 aromatic carbocycles. The van der Waals surface area contributed by atoms with Gasteiger partial charge in [0.2, 0.25) is 0 Å². The van der Waals surface area contributed by atoms with Crippen molar-refractivity contribution in [2.45, 2.75) is 0 Å². The number of benzene rings is 18. The molecule has 0 atom stereocenters. The van der Waals surface area contributed by atoms with Crippen molar-refractivity contribution in [3.63, 3.8) is 0 Å². The molecule has 9 heteroatoms. The van der Waals surface area contributed by atoms with Crippen molar-refractivity contribution in [3.05, 3.63) is 431 Å². The Labute approximate surface area is 691 Å². The molecule has 0 unspecified atom stereocenters. The predicted molar refractivity (Wildman–Crippen MR) is 498 cm³/mol. The minimum Gasteiger partial charge on any atom is -0.309 e. The second kappa shape index (κ2) is 28.9. The third-order valence-electron chi connectivity index (χ3n) is 23.6. The van der Waals surface area contributed by atoms with E-state index in [0.717, 1.165) is 100 Å². The van der Waals surface area contributed by atoms with Gasteiger partial charge in [0.25, 0.3) is 0 Å². The molecule has 0 aliphatic heterocycles. The van der Waals surface area contributed by atoms with Crippen LogP contribution in [0.3, 0.4) is 0 Å². The van der Waals surface area contributed by atoms with Gasteiger partial charge in [0, 0.05) is 99.2 Å². The minimum absolute atomic E-state index is 0.643. The molecule has 24 aromatic rings. The Balaban J connectivity index is 0.000000140. The van der Waals surface area contributed by atoms with E-state index in [2.05, 4.69) is 364 Å². The van der Waals surface area contributed by atoms with Gasteiger partial charge in [-0.15, -0.1) is 0 Å². The zero-order chi connectivity index (χ0) is 79.1. The number of para-hydroxylation sites is 4. The number of nitrogens with zero attached hydrogens (tertiary/aromatic N) is 9. The summed E-state index contributed by atoms with van der Waals surface area (Å²) in [4.78, 5) is 25.3. The SMILES string of the molecule is c1ccc(-c2cccc(-n3c4ccccc4c4cc5c6ccccc6n(-c6ccc7c(-c8cc(-c9ccccc9)nc(-c9ccccc9)n8)cccc7c6)c5cc43)c2)cc1.c1ccc(-c2cccc(-n3c4ccccc4c4cc5c6ccccc6n(-c6ccc7c(-c8nc(-c9ccccc9)nc(-c9ccccc9)n8)cccc7c6)c5cc43)c2)cc1. The van der Waals surface area contributed by atoms with Gasteiger partial charge in [0.15, 0.2) is 23.3 Å². The number of fused-ring (bicyclic) bond motifs is 14. The fourth-order valence-electron chi connectivity index (χ4n) is 18.1. The molecule has 6 heterocycles. The average Bonchev–Trinajstić information content (AvgIpc) is 1.54. The Morgan fingerprint density at radius 2 is 0.442 bits per heavy atom. The Bertz CT molecular complexity index is 7540. The van der Waals surface area contributed by atoms with Crippen molar-refractivity contribution < 1.29 is 0 Å². The lowest BCUT2D eigenvalue weighted by Crippen LogP contribution is -2.00. The maximum Gasteiger partial charge on any atom is 0.164 e. The molecule has 0 bridgehead atoms. The van der Waals surface area contributed by atoms with Gasteiger partial charge in [0.1, 0.15) is 0 Å². The van der Waals surface area contributed by atoms with Gasteiger partial charge < -0.3 is 18.3 Å². The Morgan fingerprint density at radius 3 is 0.842 bits per heavy atom. The van der Waals surface area contributed by atoms with Crippen LogP contribution >= 0.6 is 0 Å². The van der Waals surface area contributed by atoms with Crippen molar-refractivity contribution in [1.82, 2.24) is 43.2 Å². The first-order valence-electron chi connectivity index (χ1n) is 40.7. The summed E-state index contributed by atoms with van der Waals surface area (Å²) in [6.45, 7) is 0. The number of hydrogen-bond acceptors (Lipinski definition) is 5. The van der Waals surface area contributed by atoms with E-state index in [1.54, 1.807) is 0 Å². The predicted octanol–water partition coefficient (Wildman–Crippen LogP) is 28.4. The van der Waals surface area contributed by atoms with Crippen molar-refractivity contribution in [2.75, 3.05) is 0 Å². The van der Waals surface area contributed by atoms with E-state index in [1.807, 2.05) is 84.9 Å². The molecule has 0 spiro atoms. The highest BCUT2D eigenvalue weighted by Crippen LogP contribution is 2.45. The molecule has 9 nitrogen and oxygen atoms in total. The van der Waals surface area contributed by atoms with Crippen molar-refractivity contribution in [2.24, 2.45) is 0 Å². The van der Waals surface area contributed by atoms with Crippen LogP contribution in [0.5, 0.6) is 0 Å². The second-order valence-corrected chi connectivity index (χ2v) is 30.7. The zero-order valence-electron chi connectivity index (χ0n) is 65.0. The van der Waals surface area contributed by atoms with Gasteiger partial charge in [-0.1, -0.05) is 328 Å². The standard InChI is InChI=1S/C56H36N4.C55H35N5/c1-4-16-37(17-5-1)40-22-14-24-42(32-40)59-52-28-12-10-25-46(52)48-34-49-47-26-11-13-29-53(47)60(55(49)36-54(48)59)43-30-31-44-41(33-43)23-15-27-45(44)51-35-50(38-18-6-2-7-19-38)57-56(58-51)39-20-8-3-9-21-39;1-4-16-36(17-5-1)39-22-14-24-41(32-39)59-49-28-12-10-25-44(49)47-34-48-45-26-11-13-29-50(45)60(52(48)35-51(47)59)42-30-31-43-40(33-42)23-15-27-46(43)55-57-53(37-18-6-2-7-19-37)56-54(58-55)38-20-8-3-9-21-38/h1-36H;1-35H. The Morgan fingerprint density at radius 1 is 0.142 bits per heavy atom. The van der Waals surface area contributed by atoms with Crippen LogP contribution in [0.1, 0.15) is 0 Å². The third-order valence-corrected chi connectivity index (χ3v) is 23.6. The molecule has 0 N–H and O–H groups in total. The van der Waals surface area contributed by atoms with Crippen LogP contribution in [0.25, 0.3) is 222 Å². The molecule has 0 aliphatic rings. The normalized spacial score (nSPS) is 11.7. The maximum absolute atomic E-state index is 5.19. The number of hydrogen-bond donors (Lipinski definition) is 0. The third kappa shape index (κ3) is 12.0. The first kappa shape index (κ1) is 69.3. The first-order valence-corrected chi connectivity index (χ1v) is 40.7. The topological polar surface area (TPSA) is 84.2 Å². The van der Waals surface area contributed by atoms with E-state index in [-0.39, 0.29) is 0 Å². The molecule has 120 heavy (non-hydrogen) atoms. The van der Waals surface area contributed by atoms with E-state index in [0.29, 0.717) is 23.3 Å². The number of aromatic nitrogens is 9. The van der Waals surface area contributed by atoms with E-state index in [9.17, 15) is 0 Å². The molecular formula is C111H71N9. The van der Waals surface area contributed by atoms with Gasteiger partial charge in [0.05, 0.1) is 55.5 Å². The smallest absolute Gasteiger partial charge is 0.164 e. The highest BCUT2D eigenvalue weighted by molar-refractivity contribution is 6.21. The summed E-state index contributed by atoms with van der Waals surface area (Å²) in [7, 11) is 0. The van der Waals surface area contributed by atoms with Crippen LogP contribution in [-0.4, -0.2) is 43.2 Å². The largest absolute Gasteiger partial charge is 0.309 e. The summed E-state index contributed by atoms with van der Waals surface area (Å²) in [5, 5.41) is 14.3. The Hall–Kier alpha value is -16.2. The van der Waals surface area contributed by atoms with Crippen LogP contribution in [0, 0.1) is 0 Å². The minimum atomic E-state index is 0.643. The van der Waals surface area contributed by atoms with E-state index in [4.69, 9.17) is 24.9 Å². The maximum atomic E-state index is 5.19. The molecule has 0 radical (unpaired) electrons. The lowest BCUT2D eigenvalue weighted by Gasteiger charge is -2.14. The highest BCUT2D eigenvalue weighted by Gasteiger charge is 2.24. The number of rotatable bonds is 12. The summed E-state index contributed by atoms with van der Waals surface area (Å²) in [6.07, 6.45) is 0. The molecule has 6 aromatic heterocycles. The van der Waals surface area contributed by atoms with Crippen LogP contribution in [0.15, 0.2) is 431 Å².